The monoisotopic (exact) mass is 583 g/mol. The van der Waals surface area contributed by atoms with Crippen molar-refractivity contribution in [3.63, 3.8) is 0 Å². The van der Waals surface area contributed by atoms with Crippen LogP contribution in [0.25, 0.3) is 11.2 Å². The van der Waals surface area contributed by atoms with Gasteiger partial charge in [-0.3, -0.25) is 13.9 Å². The minimum absolute atomic E-state index is 0.159. The summed E-state index contributed by atoms with van der Waals surface area (Å²) in [5, 5.41) is 25.3. The Bertz CT molecular complexity index is 1410. The van der Waals surface area contributed by atoms with Crippen LogP contribution in [0.3, 0.4) is 0 Å². The number of halogens is 1. The zero-order valence-corrected chi connectivity index (χ0v) is 22.8. The largest absolute Gasteiger partial charge is 0.479 e. The van der Waals surface area contributed by atoms with Crippen LogP contribution in [0.5, 0.6) is 11.6 Å². The molecular weight excluding hydrogens is 557 g/mol. The molecular formula is C23H27ClN5O9P. The van der Waals surface area contributed by atoms with E-state index in [1.54, 1.807) is 0 Å². The zero-order valence-electron chi connectivity index (χ0n) is 21.2. The molecule has 1 aliphatic heterocycles. The van der Waals surface area contributed by atoms with E-state index in [9.17, 15) is 19.6 Å². The third-order valence-electron chi connectivity index (χ3n) is 6.65. The van der Waals surface area contributed by atoms with E-state index in [0.717, 1.165) is 0 Å². The number of hydrogen-bond acceptors (Lipinski definition) is 12. The highest BCUT2D eigenvalue weighted by molar-refractivity contribution is 7.52. The van der Waals surface area contributed by atoms with Gasteiger partial charge in [0.15, 0.2) is 17.4 Å². The van der Waals surface area contributed by atoms with Crippen LogP contribution in [0.2, 0.25) is 5.02 Å². The molecule has 14 nitrogen and oxygen atoms in total. The van der Waals surface area contributed by atoms with Crippen molar-refractivity contribution in [3.05, 3.63) is 41.9 Å². The predicted octanol–water partition coefficient (Wildman–Crippen LogP) is 2.00. The minimum atomic E-state index is -4.26. The molecule has 39 heavy (non-hydrogen) atoms. The van der Waals surface area contributed by atoms with Gasteiger partial charge in [-0.05, 0) is 44.0 Å². The number of nitrogens with one attached hydrogen (secondary N) is 1. The molecule has 1 aromatic carbocycles. The number of fused-ring (bicyclic) bond motifs is 1. The number of benzene rings is 1. The number of rotatable bonds is 10. The van der Waals surface area contributed by atoms with E-state index in [0.29, 0.717) is 29.0 Å². The lowest BCUT2D eigenvalue weighted by molar-refractivity contribution is -0.144. The summed E-state index contributed by atoms with van der Waals surface area (Å²) in [7, 11) is -1.60. The fourth-order valence-electron chi connectivity index (χ4n) is 4.36. The van der Waals surface area contributed by atoms with Crippen molar-refractivity contribution in [2.75, 3.05) is 20.8 Å². The molecule has 3 aromatic rings. The third kappa shape index (κ3) is 5.21. The Labute approximate surface area is 227 Å². The van der Waals surface area contributed by atoms with Crippen molar-refractivity contribution in [3.8, 4) is 11.6 Å². The lowest BCUT2D eigenvalue weighted by Gasteiger charge is -2.27. The van der Waals surface area contributed by atoms with Crippen LogP contribution < -0.4 is 14.3 Å². The molecule has 1 aliphatic carbocycles. The first kappa shape index (κ1) is 27.7. The first-order valence-corrected chi connectivity index (χ1v) is 13.8. The highest BCUT2D eigenvalue weighted by atomic mass is 35.5. The Morgan fingerprint density at radius 3 is 2.62 bits per heavy atom. The van der Waals surface area contributed by atoms with E-state index in [-0.39, 0.29) is 11.6 Å². The Morgan fingerprint density at radius 1 is 1.26 bits per heavy atom. The molecule has 1 saturated carbocycles. The summed E-state index contributed by atoms with van der Waals surface area (Å²) in [5.41, 5.74) is -2.45. The number of imidazole rings is 1. The highest BCUT2D eigenvalue weighted by Gasteiger charge is 2.58. The maximum Gasteiger partial charge on any atom is 0.459 e. The molecule has 2 aliphatic rings. The number of methoxy groups -OCH3 is 2. The van der Waals surface area contributed by atoms with Gasteiger partial charge in [0, 0.05) is 5.02 Å². The van der Waals surface area contributed by atoms with E-state index in [4.69, 9.17) is 34.9 Å². The lowest BCUT2D eigenvalue weighted by atomic mass is 9.96. The van der Waals surface area contributed by atoms with Gasteiger partial charge in [0.2, 0.25) is 5.88 Å². The highest BCUT2D eigenvalue weighted by Crippen LogP contribution is 2.53. The molecule has 5 rings (SSSR count). The molecule has 3 unspecified atom stereocenters. The second-order valence-corrected chi connectivity index (χ2v) is 11.5. The van der Waals surface area contributed by atoms with Gasteiger partial charge >= 0.3 is 13.7 Å². The van der Waals surface area contributed by atoms with Gasteiger partial charge in [-0.1, -0.05) is 11.6 Å². The molecule has 2 aromatic heterocycles. The van der Waals surface area contributed by atoms with Gasteiger partial charge in [-0.2, -0.15) is 10.1 Å². The number of aromatic nitrogens is 4. The number of esters is 1. The summed E-state index contributed by atoms with van der Waals surface area (Å²) < 4.78 is 42.7. The summed E-state index contributed by atoms with van der Waals surface area (Å²) in [6, 6.07) is 6.04. The van der Waals surface area contributed by atoms with E-state index in [1.807, 2.05) is 0 Å². The molecule has 0 bridgehead atoms. The fraction of sp³-hybridized carbons (Fsp3) is 0.478. The molecule has 1 saturated heterocycles. The number of aliphatic hydroxyl groups excluding tert-OH is 1. The van der Waals surface area contributed by atoms with Crippen molar-refractivity contribution in [1.29, 1.82) is 0 Å². The number of ether oxygens (including phenoxy) is 3. The normalized spacial score (nSPS) is 27.2. The molecule has 5 atom stereocenters. The molecule has 0 radical (unpaired) electrons. The summed E-state index contributed by atoms with van der Waals surface area (Å²) in [6.07, 6.45) is -0.442. The van der Waals surface area contributed by atoms with Crippen molar-refractivity contribution in [1.82, 2.24) is 24.6 Å². The van der Waals surface area contributed by atoms with Gasteiger partial charge in [0.05, 0.1) is 27.2 Å². The van der Waals surface area contributed by atoms with Gasteiger partial charge in [0.1, 0.15) is 35.4 Å². The smallest absolute Gasteiger partial charge is 0.459 e. The van der Waals surface area contributed by atoms with Gasteiger partial charge < -0.3 is 28.9 Å². The molecule has 3 heterocycles. The summed E-state index contributed by atoms with van der Waals surface area (Å²) in [4.78, 5) is 24.8. The van der Waals surface area contributed by atoms with E-state index >= 15 is 0 Å². The van der Waals surface area contributed by atoms with Gasteiger partial charge in [0.25, 0.3) is 0 Å². The average Bonchev–Trinajstić information content (AvgIpc) is 3.50. The van der Waals surface area contributed by atoms with E-state index in [1.165, 1.54) is 62.6 Å². The first-order valence-electron chi connectivity index (χ1n) is 11.9. The maximum absolute atomic E-state index is 13.9. The third-order valence-corrected chi connectivity index (χ3v) is 8.54. The number of carbonyl (C=O) groups excluding carboxylic acids is 1. The number of aliphatic hydroxyl groups is 2. The maximum atomic E-state index is 13.9. The molecule has 210 valence electrons. The van der Waals surface area contributed by atoms with Gasteiger partial charge in [-0.15, -0.1) is 0 Å². The number of nitrogens with zero attached hydrogens (tertiary/aromatic N) is 4. The van der Waals surface area contributed by atoms with Crippen molar-refractivity contribution >= 4 is 36.5 Å². The SMILES string of the molecule is COC(=O)C1(NP(=O)(OCC2OC(n3cnc4c(OC)ncnc43)[C@](C)(O)[C@@H]2O)Oc2ccc(Cl)cc2)CC1. The lowest BCUT2D eigenvalue weighted by Crippen LogP contribution is -2.44. The second kappa shape index (κ2) is 10.3. The van der Waals surface area contributed by atoms with E-state index in [2.05, 4.69) is 20.0 Å². The summed E-state index contributed by atoms with van der Waals surface area (Å²) >= 11 is 5.94. The Kier molecular flexibility index (Phi) is 7.31. The van der Waals surface area contributed by atoms with Crippen LogP contribution in [0.15, 0.2) is 36.9 Å². The van der Waals surface area contributed by atoms with Crippen molar-refractivity contribution < 1.29 is 42.8 Å². The fourth-order valence-corrected chi connectivity index (χ4v) is 6.23. The minimum Gasteiger partial charge on any atom is -0.479 e. The Morgan fingerprint density at radius 2 is 1.97 bits per heavy atom. The molecule has 3 N–H and O–H groups in total. The van der Waals surface area contributed by atoms with Crippen LogP contribution >= 0.6 is 19.3 Å². The van der Waals surface area contributed by atoms with Crippen LogP contribution in [-0.2, 0) is 23.4 Å². The Balaban J connectivity index is 1.38. The van der Waals surface area contributed by atoms with Crippen LogP contribution in [0.1, 0.15) is 26.0 Å². The molecule has 0 spiro atoms. The number of carbonyl (C=O) groups is 1. The quantitative estimate of drug-likeness (QED) is 0.233. The summed E-state index contributed by atoms with van der Waals surface area (Å²) in [6.45, 7) is 0.902. The second-order valence-electron chi connectivity index (χ2n) is 9.43. The molecule has 2 fully saturated rings. The number of hydrogen-bond donors (Lipinski definition) is 3. The zero-order chi connectivity index (χ0) is 28.0. The molecule has 0 amide bonds. The van der Waals surface area contributed by atoms with Crippen LogP contribution in [-0.4, -0.2) is 79.9 Å². The van der Waals surface area contributed by atoms with Crippen LogP contribution in [0, 0.1) is 0 Å². The summed E-state index contributed by atoms with van der Waals surface area (Å²) in [5.74, 6) is -0.231. The standard InChI is InChI=1S/C23H27ClN5O9P/c1-22(32)17(30)15(37-20(22)29-12-27-16-18(29)25-11-26-19(16)34-2)10-36-39(33,28-23(8-9-23)21(31)35-3)38-14-6-4-13(24)5-7-14/h4-7,11-12,15,17,20,30,32H,8-10H2,1-3H3,(H,28,33)/t15?,17-,20?,22-,39?/m1/s1. The first-order chi connectivity index (χ1) is 18.5. The predicted molar refractivity (Wildman–Crippen MR) is 135 cm³/mol. The topological polar surface area (TPSA) is 176 Å². The van der Waals surface area contributed by atoms with Crippen LogP contribution in [0.4, 0.5) is 0 Å². The van der Waals surface area contributed by atoms with Crippen molar-refractivity contribution in [2.24, 2.45) is 0 Å². The van der Waals surface area contributed by atoms with Gasteiger partial charge in [-0.25, -0.2) is 14.5 Å². The molecule has 16 heteroatoms. The van der Waals surface area contributed by atoms with Crippen molar-refractivity contribution in [2.45, 2.75) is 49.3 Å². The average molecular weight is 584 g/mol. The Hall–Kier alpha value is -2.84. The van der Waals surface area contributed by atoms with E-state index < -0.39 is 49.9 Å².